The van der Waals surface area contributed by atoms with E-state index in [1.807, 2.05) is 31.2 Å². The first-order valence-electron chi connectivity index (χ1n) is 6.46. The maximum atomic E-state index is 9.85. The van der Waals surface area contributed by atoms with Crippen LogP contribution >= 0.6 is 0 Å². The van der Waals surface area contributed by atoms with E-state index in [1.54, 1.807) is 13.2 Å². The van der Waals surface area contributed by atoms with Gasteiger partial charge < -0.3 is 20.3 Å². The van der Waals surface area contributed by atoms with E-state index in [4.69, 9.17) is 4.74 Å². The van der Waals surface area contributed by atoms with Crippen LogP contribution in [-0.2, 0) is 11.3 Å². The van der Waals surface area contributed by atoms with Gasteiger partial charge in [0.25, 0.3) is 0 Å². The van der Waals surface area contributed by atoms with Crippen LogP contribution in [0.3, 0.4) is 0 Å². The first kappa shape index (κ1) is 14.2. The van der Waals surface area contributed by atoms with Gasteiger partial charge in [0.2, 0.25) is 0 Å². The Morgan fingerprint density at radius 3 is 2.70 bits per heavy atom. The molecule has 2 aromatic carbocycles. The zero-order valence-electron chi connectivity index (χ0n) is 11.6. The molecule has 0 saturated carbocycles. The normalized spacial score (nSPS) is 12.1. The average molecular weight is 273 g/mol. The van der Waals surface area contributed by atoms with Crippen molar-refractivity contribution in [3.63, 3.8) is 0 Å². The zero-order valence-corrected chi connectivity index (χ0v) is 11.6. The van der Waals surface area contributed by atoms with E-state index in [1.165, 1.54) is 12.1 Å². The lowest BCUT2D eigenvalue weighted by atomic mass is 10.1. The molecule has 2 rings (SSSR count). The minimum Gasteiger partial charge on any atom is -0.508 e. The number of benzene rings is 2. The maximum absolute atomic E-state index is 9.85. The number of methoxy groups -OCH3 is 1. The molecule has 1 atom stereocenters. The third-order valence-electron chi connectivity index (χ3n) is 3.10. The number of hydrogen-bond acceptors (Lipinski definition) is 4. The summed E-state index contributed by atoms with van der Waals surface area (Å²) in [6, 6.07) is 12.3. The molecule has 0 spiro atoms. The first-order chi connectivity index (χ1) is 9.60. The monoisotopic (exact) mass is 273 g/mol. The fraction of sp³-hybridized carbons (Fsp3) is 0.250. The van der Waals surface area contributed by atoms with Gasteiger partial charge in [0.1, 0.15) is 11.5 Å². The minimum absolute atomic E-state index is 0.125. The van der Waals surface area contributed by atoms with Crippen molar-refractivity contribution in [3.05, 3.63) is 53.6 Å². The highest BCUT2D eigenvalue weighted by Gasteiger charge is 2.11. The summed E-state index contributed by atoms with van der Waals surface area (Å²) >= 11 is 0. The Labute approximate surface area is 118 Å². The molecule has 3 N–H and O–H groups in total. The van der Waals surface area contributed by atoms with Crippen LogP contribution < -0.4 is 5.32 Å². The maximum Gasteiger partial charge on any atom is 0.121 e. The van der Waals surface area contributed by atoms with Crippen LogP contribution in [0, 0.1) is 0 Å². The van der Waals surface area contributed by atoms with Gasteiger partial charge in [-0.15, -0.1) is 0 Å². The van der Waals surface area contributed by atoms with Crippen LogP contribution in [0.4, 0.5) is 5.69 Å². The number of phenols is 2. The highest BCUT2D eigenvalue weighted by Crippen LogP contribution is 2.30. The molecule has 0 heterocycles. The highest BCUT2D eigenvalue weighted by molar-refractivity contribution is 5.50. The molecule has 0 aliphatic carbocycles. The lowest BCUT2D eigenvalue weighted by Crippen LogP contribution is -2.07. The molecule has 1 unspecified atom stereocenters. The molecule has 20 heavy (non-hydrogen) atoms. The lowest BCUT2D eigenvalue weighted by molar-refractivity contribution is 0.185. The average Bonchev–Trinajstić information content (AvgIpc) is 2.42. The SMILES string of the molecule is COCc1cccc(NC(C)c2cc(O)ccc2O)c1. The van der Waals surface area contributed by atoms with Gasteiger partial charge in [-0.25, -0.2) is 0 Å². The highest BCUT2D eigenvalue weighted by atomic mass is 16.5. The molecule has 106 valence electrons. The molecular weight excluding hydrogens is 254 g/mol. The standard InChI is InChI=1S/C16H19NO3/c1-11(15-9-14(18)6-7-16(15)19)17-13-5-3-4-12(8-13)10-20-2/h3-9,11,17-19H,10H2,1-2H3. The smallest absolute Gasteiger partial charge is 0.121 e. The summed E-state index contributed by atoms with van der Waals surface area (Å²) in [5.41, 5.74) is 2.67. The molecule has 4 nitrogen and oxygen atoms in total. The van der Waals surface area contributed by atoms with Gasteiger partial charge in [-0.2, -0.15) is 0 Å². The van der Waals surface area contributed by atoms with Crippen molar-refractivity contribution in [3.8, 4) is 11.5 Å². The molecule has 0 aliphatic heterocycles. The van der Waals surface area contributed by atoms with Gasteiger partial charge in [-0.1, -0.05) is 12.1 Å². The number of phenolic OH excluding ortho intramolecular Hbond substituents is 2. The summed E-state index contributed by atoms with van der Waals surface area (Å²) in [5.74, 6) is 0.301. The molecule has 0 amide bonds. The Balaban J connectivity index is 2.16. The second-order valence-electron chi connectivity index (χ2n) is 4.74. The van der Waals surface area contributed by atoms with Crippen molar-refractivity contribution in [2.24, 2.45) is 0 Å². The third kappa shape index (κ3) is 3.42. The van der Waals surface area contributed by atoms with Crippen molar-refractivity contribution in [2.45, 2.75) is 19.6 Å². The summed E-state index contributed by atoms with van der Waals surface area (Å²) in [7, 11) is 1.66. The number of aromatic hydroxyl groups is 2. The van der Waals surface area contributed by atoms with E-state index < -0.39 is 0 Å². The van der Waals surface area contributed by atoms with Crippen LogP contribution in [-0.4, -0.2) is 17.3 Å². The van der Waals surface area contributed by atoms with E-state index in [9.17, 15) is 10.2 Å². The Morgan fingerprint density at radius 1 is 1.15 bits per heavy atom. The molecule has 0 saturated heterocycles. The van der Waals surface area contributed by atoms with E-state index in [0.717, 1.165) is 11.3 Å². The molecule has 0 aromatic heterocycles. The number of hydrogen-bond donors (Lipinski definition) is 3. The molecule has 0 bridgehead atoms. The summed E-state index contributed by atoms with van der Waals surface area (Å²) in [6.07, 6.45) is 0. The minimum atomic E-state index is -0.125. The van der Waals surface area contributed by atoms with Gasteiger partial charge in [0.15, 0.2) is 0 Å². The van der Waals surface area contributed by atoms with Gasteiger partial charge in [0, 0.05) is 18.4 Å². The van der Waals surface area contributed by atoms with Crippen molar-refractivity contribution in [1.82, 2.24) is 0 Å². The van der Waals surface area contributed by atoms with Crippen molar-refractivity contribution < 1.29 is 14.9 Å². The Morgan fingerprint density at radius 2 is 1.95 bits per heavy atom. The predicted molar refractivity (Wildman–Crippen MR) is 79.0 cm³/mol. The lowest BCUT2D eigenvalue weighted by Gasteiger charge is -2.17. The van der Waals surface area contributed by atoms with Gasteiger partial charge in [-0.3, -0.25) is 0 Å². The number of anilines is 1. The number of nitrogens with one attached hydrogen (secondary N) is 1. The molecule has 0 fully saturated rings. The Bertz CT molecular complexity index is 584. The predicted octanol–water partition coefficient (Wildman–Crippen LogP) is 3.42. The molecule has 4 heteroatoms. The Hall–Kier alpha value is -2.20. The summed E-state index contributed by atoms with van der Waals surface area (Å²) in [6.45, 7) is 2.48. The van der Waals surface area contributed by atoms with Crippen LogP contribution in [0.5, 0.6) is 11.5 Å². The Kier molecular flexibility index (Phi) is 4.48. The van der Waals surface area contributed by atoms with E-state index >= 15 is 0 Å². The van der Waals surface area contributed by atoms with Crippen molar-refractivity contribution in [1.29, 1.82) is 0 Å². The van der Waals surface area contributed by atoms with E-state index in [2.05, 4.69) is 5.32 Å². The molecule has 0 radical (unpaired) electrons. The van der Waals surface area contributed by atoms with Crippen molar-refractivity contribution in [2.75, 3.05) is 12.4 Å². The summed E-state index contributed by atoms with van der Waals surface area (Å²) in [4.78, 5) is 0. The van der Waals surface area contributed by atoms with Gasteiger partial charge in [0.05, 0.1) is 12.6 Å². The zero-order chi connectivity index (χ0) is 14.5. The fourth-order valence-electron chi connectivity index (χ4n) is 2.13. The van der Waals surface area contributed by atoms with Gasteiger partial charge in [-0.05, 0) is 42.8 Å². The van der Waals surface area contributed by atoms with Crippen LogP contribution in [0.1, 0.15) is 24.1 Å². The first-order valence-corrected chi connectivity index (χ1v) is 6.46. The topological polar surface area (TPSA) is 61.7 Å². The van der Waals surface area contributed by atoms with E-state index in [0.29, 0.717) is 12.2 Å². The largest absolute Gasteiger partial charge is 0.508 e. The number of ether oxygens (including phenoxy) is 1. The van der Waals surface area contributed by atoms with Crippen LogP contribution in [0.2, 0.25) is 0 Å². The molecule has 0 aliphatic rings. The summed E-state index contributed by atoms with van der Waals surface area (Å²) in [5, 5.41) is 22.7. The number of rotatable bonds is 5. The molecular formula is C16H19NO3. The molecule has 2 aromatic rings. The second-order valence-corrected chi connectivity index (χ2v) is 4.74. The van der Waals surface area contributed by atoms with Crippen LogP contribution in [0.25, 0.3) is 0 Å². The fourth-order valence-corrected chi connectivity index (χ4v) is 2.13. The van der Waals surface area contributed by atoms with Gasteiger partial charge >= 0.3 is 0 Å². The summed E-state index contributed by atoms with van der Waals surface area (Å²) < 4.78 is 5.11. The van der Waals surface area contributed by atoms with E-state index in [-0.39, 0.29) is 17.5 Å². The third-order valence-corrected chi connectivity index (χ3v) is 3.10. The quantitative estimate of drug-likeness (QED) is 0.730. The van der Waals surface area contributed by atoms with Crippen LogP contribution in [0.15, 0.2) is 42.5 Å². The van der Waals surface area contributed by atoms with Crippen molar-refractivity contribution >= 4 is 5.69 Å². The second kappa shape index (κ2) is 6.30.